The molecule has 3 heteroatoms. The average Bonchev–Trinajstić information content (AvgIpc) is 3.34. The van der Waals surface area contributed by atoms with Crippen LogP contribution in [0.15, 0.2) is 78.9 Å². The van der Waals surface area contributed by atoms with E-state index >= 15 is 0 Å². The van der Waals surface area contributed by atoms with Crippen LogP contribution in [0, 0.1) is 20.8 Å². The van der Waals surface area contributed by atoms with Crippen LogP contribution in [0.5, 0.6) is 0 Å². The number of para-hydroxylation sites is 2. The minimum absolute atomic E-state index is 0.939. The summed E-state index contributed by atoms with van der Waals surface area (Å²) in [6, 6.07) is 28.5. The molecule has 0 N–H and O–H groups in total. The third-order valence-corrected chi connectivity index (χ3v) is 6.58. The topological polar surface area (TPSA) is 22.8 Å². The van der Waals surface area contributed by atoms with Crippen LogP contribution in [-0.4, -0.2) is 14.1 Å². The van der Waals surface area contributed by atoms with Crippen molar-refractivity contribution in [2.75, 3.05) is 0 Å². The van der Waals surface area contributed by atoms with E-state index in [1.165, 1.54) is 49.6 Å². The molecule has 0 aliphatic rings. The molecule has 0 aliphatic heterocycles. The molecule has 6 aromatic rings. The van der Waals surface area contributed by atoms with E-state index < -0.39 is 0 Å². The number of benzene rings is 4. The molecular weight excluding hydrogens is 414 g/mol. The molecule has 2 heterocycles. The fourth-order valence-corrected chi connectivity index (χ4v) is 4.99. The molecule has 0 amide bonds. The van der Waals surface area contributed by atoms with E-state index in [-0.39, 0.29) is 0 Å². The Morgan fingerprint density at radius 2 is 1.29 bits per heavy atom. The minimum atomic E-state index is 0.939. The van der Waals surface area contributed by atoms with Gasteiger partial charge in [-0.15, -0.1) is 0 Å². The van der Waals surface area contributed by atoms with Crippen molar-refractivity contribution in [2.24, 2.45) is 7.05 Å². The molecule has 0 unspecified atom stereocenters. The summed E-state index contributed by atoms with van der Waals surface area (Å²) in [5.41, 5.74) is 10.9. The van der Waals surface area contributed by atoms with E-state index in [4.69, 9.17) is 4.98 Å². The van der Waals surface area contributed by atoms with Crippen molar-refractivity contribution in [3.8, 4) is 17.1 Å². The van der Waals surface area contributed by atoms with Crippen molar-refractivity contribution < 1.29 is 0 Å². The van der Waals surface area contributed by atoms with E-state index in [0.717, 1.165) is 17.0 Å². The fourth-order valence-electron chi connectivity index (χ4n) is 4.99. The lowest BCUT2D eigenvalue weighted by Crippen LogP contribution is -2.03. The molecule has 34 heavy (non-hydrogen) atoms. The van der Waals surface area contributed by atoms with Crippen LogP contribution in [0.1, 0.15) is 30.5 Å². The van der Waals surface area contributed by atoms with Gasteiger partial charge in [-0.3, -0.25) is 4.57 Å². The Kier molecular flexibility index (Phi) is 5.49. The SMILES string of the molecule is CC.Cc1ccc(-c2ccc3c(c2)c2cc(C)ccc2n3-c2nc3ccccc3n2C)c(C)c1. The van der Waals surface area contributed by atoms with Gasteiger partial charge in [0.1, 0.15) is 0 Å². The summed E-state index contributed by atoms with van der Waals surface area (Å²) in [6.45, 7) is 10.5. The normalized spacial score (nSPS) is 11.2. The van der Waals surface area contributed by atoms with E-state index in [1.54, 1.807) is 0 Å². The number of nitrogens with zero attached hydrogens (tertiary/aromatic N) is 3. The van der Waals surface area contributed by atoms with E-state index in [2.05, 4.69) is 110 Å². The second kappa shape index (κ2) is 8.49. The van der Waals surface area contributed by atoms with Crippen molar-refractivity contribution in [1.82, 2.24) is 14.1 Å². The Balaban J connectivity index is 0.00000117. The molecule has 6 rings (SSSR count). The molecule has 0 atom stereocenters. The van der Waals surface area contributed by atoms with Gasteiger partial charge < -0.3 is 4.57 Å². The number of aryl methyl sites for hydroxylation is 4. The first-order valence-corrected chi connectivity index (χ1v) is 12.1. The van der Waals surface area contributed by atoms with Gasteiger partial charge in [0.15, 0.2) is 0 Å². The van der Waals surface area contributed by atoms with Crippen LogP contribution >= 0.6 is 0 Å². The van der Waals surface area contributed by atoms with Crippen molar-refractivity contribution in [3.05, 3.63) is 95.6 Å². The highest BCUT2D eigenvalue weighted by atomic mass is 15.2. The smallest absolute Gasteiger partial charge is 0.215 e. The van der Waals surface area contributed by atoms with Gasteiger partial charge in [0.2, 0.25) is 5.95 Å². The lowest BCUT2D eigenvalue weighted by atomic mass is 9.97. The van der Waals surface area contributed by atoms with Gasteiger partial charge in [-0.1, -0.05) is 67.4 Å². The summed E-state index contributed by atoms with van der Waals surface area (Å²) < 4.78 is 4.49. The Morgan fingerprint density at radius 3 is 2.03 bits per heavy atom. The summed E-state index contributed by atoms with van der Waals surface area (Å²) in [7, 11) is 2.10. The van der Waals surface area contributed by atoms with Crippen LogP contribution in [-0.2, 0) is 7.05 Å². The maximum atomic E-state index is 5.01. The quantitative estimate of drug-likeness (QED) is 0.263. The van der Waals surface area contributed by atoms with Crippen LogP contribution in [0.2, 0.25) is 0 Å². The summed E-state index contributed by atoms with van der Waals surface area (Å²) in [6.07, 6.45) is 0. The molecule has 0 spiro atoms. The highest BCUT2D eigenvalue weighted by molar-refractivity contribution is 6.10. The van der Waals surface area contributed by atoms with Crippen LogP contribution in [0.4, 0.5) is 0 Å². The predicted octanol–water partition coefficient (Wildman–Crippen LogP) is 8.29. The van der Waals surface area contributed by atoms with Gasteiger partial charge in [0.25, 0.3) is 0 Å². The number of hydrogen-bond acceptors (Lipinski definition) is 1. The molecule has 0 bridgehead atoms. The van der Waals surface area contributed by atoms with Gasteiger partial charge >= 0.3 is 0 Å². The minimum Gasteiger partial charge on any atom is -0.313 e. The summed E-state index contributed by atoms with van der Waals surface area (Å²) in [5, 5.41) is 2.52. The largest absolute Gasteiger partial charge is 0.313 e. The zero-order valence-corrected chi connectivity index (χ0v) is 20.8. The van der Waals surface area contributed by atoms with Crippen LogP contribution in [0.25, 0.3) is 49.9 Å². The fraction of sp³-hybridized carbons (Fsp3) is 0.194. The Hall–Kier alpha value is -3.85. The molecule has 0 aliphatic carbocycles. The molecular formula is C31H31N3. The molecule has 0 saturated carbocycles. The second-order valence-electron chi connectivity index (χ2n) is 8.87. The van der Waals surface area contributed by atoms with Crippen molar-refractivity contribution in [2.45, 2.75) is 34.6 Å². The first kappa shape index (κ1) is 22.0. The highest BCUT2D eigenvalue weighted by Gasteiger charge is 2.18. The molecule has 2 aromatic heterocycles. The van der Waals surface area contributed by atoms with Crippen molar-refractivity contribution in [3.63, 3.8) is 0 Å². The summed E-state index contributed by atoms with van der Waals surface area (Å²) >= 11 is 0. The molecule has 3 nitrogen and oxygen atoms in total. The van der Waals surface area contributed by atoms with Gasteiger partial charge in [-0.25, -0.2) is 4.98 Å². The number of hydrogen-bond donors (Lipinski definition) is 0. The Morgan fingerprint density at radius 1 is 0.647 bits per heavy atom. The Labute approximate surface area is 201 Å². The van der Waals surface area contributed by atoms with Gasteiger partial charge in [-0.2, -0.15) is 0 Å². The lowest BCUT2D eigenvalue weighted by Gasteiger charge is -2.09. The molecule has 170 valence electrons. The van der Waals surface area contributed by atoms with Crippen molar-refractivity contribution in [1.29, 1.82) is 0 Å². The van der Waals surface area contributed by atoms with Gasteiger partial charge in [0, 0.05) is 17.8 Å². The van der Waals surface area contributed by atoms with Crippen LogP contribution in [0.3, 0.4) is 0 Å². The molecule has 4 aromatic carbocycles. The second-order valence-corrected chi connectivity index (χ2v) is 8.87. The number of fused-ring (bicyclic) bond motifs is 4. The zero-order chi connectivity index (χ0) is 24.0. The highest BCUT2D eigenvalue weighted by Crippen LogP contribution is 2.36. The predicted molar refractivity (Wildman–Crippen MR) is 146 cm³/mol. The van der Waals surface area contributed by atoms with E-state index in [0.29, 0.717) is 0 Å². The third-order valence-electron chi connectivity index (χ3n) is 6.58. The lowest BCUT2D eigenvalue weighted by molar-refractivity contribution is 0.870. The first-order chi connectivity index (χ1) is 16.5. The zero-order valence-electron chi connectivity index (χ0n) is 20.8. The van der Waals surface area contributed by atoms with E-state index in [1.807, 2.05) is 19.9 Å². The number of aromatic nitrogens is 3. The maximum Gasteiger partial charge on any atom is 0.215 e. The standard InChI is InChI=1S/C29H25N3.C2H6/c1-18-9-12-22(20(3)15-18)21-11-14-27-24(17-21)23-16-19(2)10-13-26(23)32(27)29-30-25-7-5-6-8-28(25)31(29)4;1-2/h5-17H,1-4H3;1-2H3. The summed E-state index contributed by atoms with van der Waals surface area (Å²) in [5.74, 6) is 0.939. The molecule has 0 fully saturated rings. The van der Waals surface area contributed by atoms with Crippen molar-refractivity contribution >= 4 is 32.8 Å². The van der Waals surface area contributed by atoms with Crippen LogP contribution < -0.4 is 0 Å². The summed E-state index contributed by atoms with van der Waals surface area (Å²) in [4.78, 5) is 5.01. The average molecular weight is 446 g/mol. The molecule has 0 saturated heterocycles. The van der Waals surface area contributed by atoms with Gasteiger partial charge in [0.05, 0.1) is 22.1 Å². The first-order valence-electron chi connectivity index (χ1n) is 12.1. The number of imidazole rings is 1. The number of rotatable bonds is 2. The third kappa shape index (κ3) is 3.40. The maximum absolute atomic E-state index is 5.01. The molecule has 0 radical (unpaired) electrons. The monoisotopic (exact) mass is 445 g/mol. The van der Waals surface area contributed by atoms with Gasteiger partial charge in [-0.05, 0) is 73.9 Å². The van der Waals surface area contributed by atoms with E-state index in [9.17, 15) is 0 Å². The Bertz CT molecular complexity index is 1660.